The van der Waals surface area contributed by atoms with Gasteiger partial charge in [-0.1, -0.05) is 11.8 Å². The summed E-state index contributed by atoms with van der Waals surface area (Å²) in [5, 5.41) is 2.16. The van der Waals surface area contributed by atoms with Gasteiger partial charge in [0.05, 0.1) is 12.3 Å². The maximum Gasteiger partial charge on any atom is 0.284 e. The van der Waals surface area contributed by atoms with E-state index in [0.717, 1.165) is 31.9 Å². The minimum atomic E-state index is -2.35. The van der Waals surface area contributed by atoms with E-state index in [0.29, 0.717) is 24.1 Å². The molecular weight excluding hydrogens is 272 g/mol. The Bertz CT molecular complexity index is 381. The van der Waals surface area contributed by atoms with E-state index < -0.39 is 5.76 Å². The van der Waals surface area contributed by atoms with Crippen LogP contribution in [0.15, 0.2) is 16.5 Å². The van der Waals surface area contributed by atoms with Crippen molar-refractivity contribution in [3.63, 3.8) is 0 Å². The lowest BCUT2D eigenvalue weighted by atomic mass is 10.4. The molecule has 0 saturated carbocycles. The maximum absolute atomic E-state index is 12.0. The Labute approximate surface area is 116 Å². The molecule has 2 rings (SSSR count). The van der Waals surface area contributed by atoms with Crippen LogP contribution in [0.5, 0.6) is 0 Å². The van der Waals surface area contributed by atoms with Crippen molar-refractivity contribution in [2.24, 2.45) is 0 Å². The highest BCUT2D eigenvalue weighted by Gasteiger charge is 2.13. The van der Waals surface area contributed by atoms with Gasteiger partial charge in [0.2, 0.25) is 0 Å². The number of nitrogens with zero attached hydrogens (tertiary/aromatic N) is 2. The topological polar surface area (TPSA) is 31.6 Å². The molecule has 0 aliphatic carbocycles. The van der Waals surface area contributed by atoms with Gasteiger partial charge in [-0.3, -0.25) is 0 Å². The predicted molar refractivity (Wildman–Crippen MR) is 71.9 cm³/mol. The SMILES string of the molecule is CN1CCN(NCc2ccc(CSC(F)F)o2)CC1. The van der Waals surface area contributed by atoms with E-state index in [1.807, 2.05) is 6.07 Å². The fourth-order valence-electron chi connectivity index (χ4n) is 1.89. The molecule has 1 aromatic heterocycles. The van der Waals surface area contributed by atoms with E-state index in [-0.39, 0.29) is 5.75 Å². The number of halogens is 2. The fourth-order valence-corrected chi connectivity index (χ4v) is 2.34. The molecule has 1 aliphatic heterocycles. The van der Waals surface area contributed by atoms with Crippen LogP contribution < -0.4 is 5.43 Å². The van der Waals surface area contributed by atoms with Gasteiger partial charge in [-0.25, -0.2) is 10.4 Å². The molecule has 0 bridgehead atoms. The second-order valence-electron chi connectivity index (χ2n) is 4.56. The summed E-state index contributed by atoms with van der Waals surface area (Å²) >= 11 is 0.581. The summed E-state index contributed by atoms with van der Waals surface area (Å²) < 4.78 is 29.6. The van der Waals surface area contributed by atoms with E-state index in [1.165, 1.54) is 0 Å². The molecular formula is C12H19F2N3OS. The van der Waals surface area contributed by atoms with Gasteiger partial charge in [0, 0.05) is 26.2 Å². The highest BCUT2D eigenvalue weighted by atomic mass is 32.2. The third-order valence-electron chi connectivity index (χ3n) is 3.05. The molecule has 1 N–H and O–H groups in total. The molecule has 19 heavy (non-hydrogen) atoms. The predicted octanol–water partition coefficient (Wildman–Crippen LogP) is 1.99. The summed E-state index contributed by atoms with van der Waals surface area (Å²) in [6.07, 6.45) is 0. The lowest BCUT2D eigenvalue weighted by Crippen LogP contribution is -2.50. The van der Waals surface area contributed by atoms with Crippen LogP contribution in [0.4, 0.5) is 8.78 Å². The van der Waals surface area contributed by atoms with Gasteiger partial charge >= 0.3 is 0 Å². The average molecular weight is 291 g/mol. The molecule has 0 atom stereocenters. The van der Waals surface area contributed by atoms with Crippen LogP contribution in [0.1, 0.15) is 11.5 Å². The molecule has 1 aliphatic rings. The molecule has 1 aromatic rings. The molecule has 1 saturated heterocycles. The Balaban J connectivity index is 1.71. The maximum atomic E-state index is 12.0. The van der Waals surface area contributed by atoms with E-state index in [2.05, 4.69) is 22.4 Å². The zero-order chi connectivity index (χ0) is 13.7. The summed E-state index contributed by atoms with van der Waals surface area (Å²) in [6.45, 7) is 4.64. The first-order valence-electron chi connectivity index (χ1n) is 6.28. The van der Waals surface area contributed by atoms with Crippen molar-refractivity contribution >= 4 is 11.8 Å². The van der Waals surface area contributed by atoms with Gasteiger partial charge in [-0.2, -0.15) is 8.78 Å². The molecule has 0 aromatic carbocycles. The molecule has 1 fully saturated rings. The number of furan rings is 1. The standard InChI is InChI=1S/C12H19F2N3OS/c1-16-4-6-17(7-5-16)15-8-10-2-3-11(18-10)9-19-12(13)14/h2-3,12,15H,4-9H2,1H3. The summed E-state index contributed by atoms with van der Waals surface area (Å²) in [7, 11) is 2.11. The minimum Gasteiger partial charge on any atom is -0.464 e. The van der Waals surface area contributed by atoms with E-state index in [1.54, 1.807) is 6.07 Å². The highest BCUT2D eigenvalue weighted by Crippen LogP contribution is 2.21. The monoisotopic (exact) mass is 291 g/mol. The van der Waals surface area contributed by atoms with Crippen LogP contribution in [0.2, 0.25) is 0 Å². The fraction of sp³-hybridized carbons (Fsp3) is 0.667. The number of thioether (sulfide) groups is 1. The van der Waals surface area contributed by atoms with Crippen LogP contribution in [-0.2, 0) is 12.3 Å². The summed E-state index contributed by atoms with van der Waals surface area (Å²) in [5.41, 5.74) is 3.29. The summed E-state index contributed by atoms with van der Waals surface area (Å²) in [5.74, 6) is -0.757. The molecule has 0 radical (unpaired) electrons. The lowest BCUT2D eigenvalue weighted by molar-refractivity contribution is 0.0990. The van der Waals surface area contributed by atoms with Crippen LogP contribution in [0, 0.1) is 0 Å². The number of rotatable bonds is 6. The van der Waals surface area contributed by atoms with Gasteiger partial charge < -0.3 is 9.32 Å². The molecule has 0 unspecified atom stereocenters. The van der Waals surface area contributed by atoms with E-state index in [4.69, 9.17) is 4.42 Å². The van der Waals surface area contributed by atoms with Crippen molar-refractivity contribution in [1.82, 2.24) is 15.3 Å². The second kappa shape index (κ2) is 7.23. The number of alkyl halides is 2. The Morgan fingerprint density at radius 2 is 1.95 bits per heavy atom. The number of nitrogens with one attached hydrogen (secondary N) is 1. The van der Waals surface area contributed by atoms with Crippen molar-refractivity contribution < 1.29 is 13.2 Å². The number of hydrazine groups is 1. The first kappa shape index (κ1) is 14.8. The van der Waals surface area contributed by atoms with Crippen molar-refractivity contribution in [2.45, 2.75) is 18.1 Å². The average Bonchev–Trinajstić information content (AvgIpc) is 2.84. The Kier molecular flexibility index (Phi) is 5.62. The second-order valence-corrected chi connectivity index (χ2v) is 5.54. The van der Waals surface area contributed by atoms with Crippen LogP contribution in [-0.4, -0.2) is 48.9 Å². The van der Waals surface area contributed by atoms with Crippen molar-refractivity contribution in [1.29, 1.82) is 0 Å². The van der Waals surface area contributed by atoms with Crippen LogP contribution >= 0.6 is 11.8 Å². The zero-order valence-electron chi connectivity index (χ0n) is 10.9. The molecule has 0 amide bonds. The third-order valence-corrected chi connectivity index (χ3v) is 3.75. The number of hydrogen-bond acceptors (Lipinski definition) is 5. The normalized spacial score (nSPS) is 18.3. The number of hydrogen-bond donors (Lipinski definition) is 1. The zero-order valence-corrected chi connectivity index (χ0v) is 11.8. The van der Waals surface area contributed by atoms with E-state index in [9.17, 15) is 8.78 Å². The van der Waals surface area contributed by atoms with Crippen molar-refractivity contribution in [3.05, 3.63) is 23.7 Å². The van der Waals surface area contributed by atoms with Gasteiger partial charge in [-0.05, 0) is 19.2 Å². The summed E-state index contributed by atoms with van der Waals surface area (Å²) in [4.78, 5) is 2.28. The molecule has 108 valence electrons. The third kappa shape index (κ3) is 5.10. The Morgan fingerprint density at radius 3 is 2.63 bits per heavy atom. The van der Waals surface area contributed by atoms with Crippen LogP contribution in [0.3, 0.4) is 0 Å². The number of piperazine rings is 1. The quantitative estimate of drug-likeness (QED) is 0.866. The Hall–Kier alpha value is -0.630. The molecule has 7 heteroatoms. The lowest BCUT2D eigenvalue weighted by Gasteiger charge is -2.32. The van der Waals surface area contributed by atoms with Crippen molar-refractivity contribution in [3.8, 4) is 0 Å². The molecule has 2 heterocycles. The highest BCUT2D eigenvalue weighted by molar-refractivity contribution is 7.98. The largest absolute Gasteiger partial charge is 0.464 e. The first-order chi connectivity index (χ1) is 9.13. The van der Waals surface area contributed by atoms with Gasteiger partial charge in [0.25, 0.3) is 5.76 Å². The first-order valence-corrected chi connectivity index (χ1v) is 7.32. The van der Waals surface area contributed by atoms with Gasteiger partial charge in [0.1, 0.15) is 11.5 Å². The molecule has 4 nitrogen and oxygen atoms in total. The van der Waals surface area contributed by atoms with Crippen molar-refractivity contribution in [2.75, 3.05) is 33.2 Å². The Morgan fingerprint density at radius 1 is 1.26 bits per heavy atom. The molecule has 0 spiro atoms. The van der Waals surface area contributed by atoms with E-state index >= 15 is 0 Å². The van der Waals surface area contributed by atoms with Gasteiger partial charge in [0.15, 0.2) is 0 Å². The summed E-state index contributed by atoms with van der Waals surface area (Å²) in [6, 6.07) is 3.60. The van der Waals surface area contributed by atoms with Gasteiger partial charge in [-0.15, -0.1) is 0 Å². The van der Waals surface area contributed by atoms with Crippen LogP contribution in [0.25, 0.3) is 0 Å². The number of likely N-dealkylation sites (N-methyl/N-ethyl adjacent to an activating group) is 1. The minimum absolute atomic E-state index is 0.214. The smallest absolute Gasteiger partial charge is 0.284 e.